The van der Waals surface area contributed by atoms with Crippen LogP contribution < -0.4 is 0 Å². The highest BCUT2D eigenvalue weighted by Gasteiger charge is 1.97. The predicted octanol–water partition coefficient (Wildman–Crippen LogP) is 2.84. The van der Waals surface area contributed by atoms with Crippen LogP contribution in [-0.4, -0.2) is 50.6 Å². The highest BCUT2D eigenvalue weighted by Crippen LogP contribution is 2.02. The Bertz CT molecular complexity index is 124. The van der Waals surface area contributed by atoms with E-state index in [0.29, 0.717) is 0 Å². The van der Waals surface area contributed by atoms with Crippen molar-refractivity contribution in [1.82, 2.24) is 9.80 Å². The number of unbranched alkanes of at least 4 members (excludes halogenated alkanes) is 4. The van der Waals surface area contributed by atoms with Gasteiger partial charge in [0, 0.05) is 0 Å². The Balaban J connectivity index is 3.09. The lowest BCUT2D eigenvalue weighted by atomic mass is 10.2. The van der Waals surface area contributed by atoms with Crippen LogP contribution in [-0.2, 0) is 0 Å². The van der Waals surface area contributed by atoms with Gasteiger partial charge in [-0.1, -0.05) is 26.2 Å². The molecule has 2 heteroatoms. The van der Waals surface area contributed by atoms with Crippen molar-refractivity contribution in [2.45, 2.75) is 45.4 Å². The van der Waals surface area contributed by atoms with Gasteiger partial charge in [-0.05, 0) is 60.0 Å². The van der Waals surface area contributed by atoms with Crippen molar-refractivity contribution in [3.63, 3.8) is 0 Å². The summed E-state index contributed by atoms with van der Waals surface area (Å²) in [4.78, 5) is 4.74. The fourth-order valence-corrected chi connectivity index (χ4v) is 1.70. The molecule has 92 valence electrons. The fraction of sp³-hybridized carbons (Fsp3) is 1.00. The topological polar surface area (TPSA) is 6.48 Å². The van der Waals surface area contributed by atoms with Gasteiger partial charge in [-0.3, -0.25) is 0 Å². The molecule has 15 heavy (non-hydrogen) atoms. The Labute approximate surface area is 96.6 Å². The van der Waals surface area contributed by atoms with Gasteiger partial charge >= 0.3 is 0 Å². The highest BCUT2D eigenvalue weighted by atomic mass is 15.1. The second kappa shape index (κ2) is 10.4. The first-order chi connectivity index (χ1) is 7.16. The first-order valence-electron chi connectivity index (χ1n) is 6.50. The molecular formula is C13H30N2. The van der Waals surface area contributed by atoms with Crippen molar-refractivity contribution in [1.29, 1.82) is 0 Å². The average molecular weight is 214 g/mol. The average Bonchev–Trinajstić information content (AvgIpc) is 2.19. The van der Waals surface area contributed by atoms with Crippen molar-refractivity contribution < 1.29 is 0 Å². The van der Waals surface area contributed by atoms with Crippen molar-refractivity contribution in [2.24, 2.45) is 0 Å². The third-order valence-corrected chi connectivity index (χ3v) is 2.79. The summed E-state index contributed by atoms with van der Waals surface area (Å²) in [5, 5.41) is 0. The molecule has 0 heterocycles. The minimum atomic E-state index is 1.24. The quantitative estimate of drug-likeness (QED) is 0.516. The van der Waals surface area contributed by atoms with Crippen LogP contribution in [0.2, 0.25) is 0 Å². The lowest BCUT2D eigenvalue weighted by Gasteiger charge is -2.15. The third-order valence-electron chi connectivity index (χ3n) is 2.79. The molecule has 0 aliphatic rings. The molecule has 0 aromatic heterocycles. The molecule has 0 bridgehead atoms. The van der Waals surface area contributed by atoms with Crippen molar-refractivity contribution in [3.05, 3.63) is 0 Å². The summed E-state index contributed by atoms with van der Waals surface area (Å²) < 4.78 is 0. The standard InChI is InChI=1S/C13H30N2/c1-5-6-12-15(4)13-10-8-7-9-11-14(2)3/h5-13H2,1-4H3. The molecule has 0 aliphatic heterocycles. The van der Waals surface area contributed by atoms with Crippen LogP contribution in [0.3, 0.4) is 0 Å². The van der Waals surface area contributed by atoms with E-state index in [1.54, 1.807) is 0 Å². The molecule has 0 saturated carbocycles. The van der Waals surface area contributed by atoms with Gasteiger partial charge in [0.1, 0.15) is 0 Å². The summed E-state index contributed by atoms with van der Waals surface area (Å²) in [6.45, 7) is 6.05. The SMILES string of the molecule is CCCCN(C)CCCCCCN(C)C. The normalized spacial score (nSPS) is 11.6. The summed E-state index contributed by atoms with van der Waals surface area (Å²) in [7, 11) is 6.55. The first kappa shape index (κ1) is 14.9. The Morgan fingerprint density at radius 2 is 1.20 bits per heavy atom. The van der Waals surface area contributed by atoms with Gasteiger partial charge in [-0.2, -0.15) is 0 Å². The number of hydrogen-bond donors (Lipinski definition) is 0. The minimum Gasteiger partial charge on any atom is -0.309 e. The Kier molecular flexibility index (Phi) is 10.4. The first-order valence-corrected chi connectivity index (χ1v) is 6.50. The van der Waals surface area contributed by atoms with Gasteiger partial charge in [0.05, 0.1) is 0 Å². The van der Waals surface area contributed by atoms with E-state index in [2.05, 4.69) is 37.9 Å². The van der Waals surface area contributed by atoms with E-state index in [0.717, 1.165) is 0 Å². The molecule has 0 aromatic carbocycles. The predicted molar refractivity (Wildman–Crippen MR) is 69.4 cm³/mol. The van der Waals surface area contributed by atoms with E-state index in [4.69, 9.17) is 0 Å². The number of rotatable bonds is 10. The molecule has 0 radical (unpaired) electrons. The van der Waals surface area contributed by atoms with Gasteiger partial charge < -0.3 is 9.80 Å². The van der Waals surface area contributed by atoms with E-state index in [9.17, 15) is 0 Å². The van der Waals surface area contributed by atoms with Crippen LogP contribution in [0, 0.1) is 0 Å². The van der Waals surface area contributed by atoms with E-state index in [1.807, 2.05) is 0 Å². The zero-order chi connectivity index (χ0) is 11.5. The summed E-state index contributed by atoms with van der Waals surface area (Å²) in [6, 6.07) is 0. The maximum Gasteiger partial charge on any atom is -0.00218 e. The second-order valence-electron chi connectivity index (χ2n) is 4.87. The smallest absolute Gasteiger partial charge is 0.00218 e. The largest absolute Gasteiger partial charge is 0.309 e. The molecule has 0 aromatic rings. The van der Waals surface area contributed by atoms with E-state index in [-0.39, 0.29) is 0 Å². The summed E-state index contributed by atoms with van der Waals surface area (Å²) >= 11 is 0. The molecule has 0 atom stereocenters. The van der Waals surface area contributed by atoms with Crippen LogP contribution in [0.1, 0.15) is 45.4 Å². The number of hydrogen-bond acceptors (Lipinski definition) is 2. The Morgan fingerprint density at radius 3 is 1.73 bits per heavy atom. The fourth-order valence-electron chi connectivity index (χ4n) is 1.70. The van der Waals surface area contributed by atoms with Crippen LogP contribution in [0.4, 0.5) is 0 Å². The molecule has 0 rings (SSSR count). The van der Waals surface area contributed by atoms with Crippen molar-refractivity contribution in [3.8, 4) is 0 Å². The number of nitrogens with zero attached hydrogens (tertiary/aromatic N) is 2. The Hall–Kier alpha value is -0.0800. The molecule has 0 fully saturated rings. The maximum atomic E-state index is 2.47. The summed E-state index contributed by atoms with van der Waals surface area (Å²) in [5.41, 5.74) is 0. The minimum absolute atomic E-state index is 1.24. The van der Waals surface area contributed by atoms with Crippen LogP contribution in [0.25, 0.3) is 0 Å². The molecular weight excluding hydrogens is 184 g/mol. The molecule has 0 spiro atoms. The van der Waals surface area contributed by atoms with Gasteiger partial charge in [-0.25, -0.2) is 0 Å². The molecule has 0 unspecified atom stereocenters. The zero-order valence-electron chi connectivity index (χ0n) is 11.3. The van der Waals surface area contributed by atoms with Gasteiger partial charge in [-0.15, -0.1) is 0 Å². The van der Waals surface area contributed by atoms with Crippen LogP contribution in [0.15, 0.2) is 0 Å². The van der Waals surface area contributed by atoms with Gasteiger partial charge in [0.2, 0.25) is 0 Å². The van der Waals surface area contributed by atoms with Gasteiger partial charge in [0.15, 0.2) is 0 Å². The summed E-state index contributed by atoms with van der Waals surface area (Å²) in [6.07, 6.45) is 8.16. The molecule has 0 N–H and O–H groups in total. The lowest BCUT2D eigenvalue weighted by Crippen LogP contribution is -2.20. The molecule has 2 nitrogen and oxygen atoms in total. The summed E-state index contributed by atoms with van der Waals surface area (Å²) in [5.74, 6) is 0. The van der Waals surface area contributed by atoms with Crippen molar-refractivity contribution in [2.75, 3.05) is 40.8 Å². The van der Waals surface area contributed by atoms with Crippen LogP contribution in [0.5, 0.6) is 0 Å². The molecule has 0 aliphatic carbocycles. The highest BCUT2D eigenvalue weighted by molar-refractivity contribution is 4.53. The van der Waals surface area contributed by atoms with Crippen LogP contribution >= 0.6 is 0 Å². The van der Waals surface area contributed by atoms with Crippen molar-refractivity contribution >= 4 is 0 Å². The van der Waals surface area contributed by atoms with E-state index < -0.39 is 0 Å². The third kappa shape index (κ3) is 11.8. The van der Waals surface area contributed by atoms with E-state index in [1.165, 1.54) is 58.2 Å². The van der Waals surface area contributed by atoms with E-state index >= 15 is 0 Å². The Morgan fingerprint density at radius 1 is 0.667 bits per heavy atom. The lowest BCUT2D eigenvalue weighted by molar-refractivity contribution is 0.315. The van der Waals surface area contributed by atoms with Gasteiger partial charge in [0.25, 0.3) is 0 Å². The molecule has 0 saturated heterocycles. The zero-order valence-corrected chi connectivity index (χ0v) is 11.3. The monoisotopic (exact) mass is 214 g/mol. The molecule has 0 amide bonds. The maximum absolute atomic E-state index is 2.47. The second-order valence-corrected chi connectivity index (χ2v) is 4.87.